The summed E-state index contributed by atoms with van der Waals surface area (Å²) in [6.07, 6.45) is 1.05. The van der Waals surface area contributed by atoms with Crippen molar-refractivity contribution in [1.29, 1.82) is 0 Å². The minimum absolute atomic E-state index is 0.101. The molecule has 2 aromatic heterocycles. The van der Waals surface area contributed by atoms with Gasteiger partial charge >= 0.3 is 0 Å². The van der Waals surface area contributed by atoms with Gasteiger partial charge in [0.05, 0.1) is 11.4 Å². The van der Waals surface area contributed by atoms with Crippen LogP contribution in [0.1, 0.15) is 40.7 Å². The Labute approximate surface area is 157 Å². The minimum atomic E-state index is 0.101. The van der Waals surface area contributed by atoms with E-state index >= 15 is 0 Å². The summed E-state index contributed by atoms with van der Waals surface area (Å²) in [6, 6.07) is 9.94. The molecule has 0 amide bonds. The van der Waals surface area contributed by atoms with Crippen LogP contribution in [-0.2, 0) is 6.54 Å². The summed E-state index contributed by atoms with van der Waals surface area (Å²) < 4.78 is 3.88. The second-order valence-electron chi connectivity index (χ2n) is 6.36. The van der Waals surface area contributed by atoms with Gasteiger partial charge in [-0.1, -0.05) is 30.8 Å². The lowest BCUT2D eigenvalue weighted by Gasteiger charge is -2.08. The first-order valence-electron chi connectivity index (χ1n) is 8.69. The van der Waals surface area contributed by atoms with Gasteiger partial charge in [0.15, 0.2) is 5.78 Å². The highest BCUT2D eigenvalue weighted by Crippen LogP contribution is 2.22. The Bertz CT molecular complexity index is 928. The third-order valence-corrected chi connectivity index (χ3v) is 5.26. The molecule has 2 heterocycles. The molecule has 0 saturated carbocycles. The van der Waals surface area contributed by atoms with Crippen LogP contribution in [0, 0.1) is 20.8 Å². The van der Waals surface area contributed by atoms with E-state index < -0.39 is 0 Å². The number of carbonyl (C=O) groups excluding carboxylic acids is 1. The Hall–Kier alpha value is -2.41. The van der Waals surface area contributed by atoms with Crippen LogP contribution < -0.4 is 0 Å². The summed E-state index contributed by atoms with van der Waals surface area (Å²) in [7, 11) is 0. The van der Waals surface area contributed by atoms with Crippen LogP contribution in [0.3, 0.4) is 0 Å². The maximum absolute atomic E-state index is 12.7. The first kappa shape index (κ1) is 18.4. The highest BCUT2D eigenvalue weighted by molar-refractivity contribution is 7.99. The third-order valence-electron chi connectivity index (χ3n) is 4.34. The molecule has 0 radical (unpaired) electrons. The van der Waals surface area contributed by atoms with Crippen molar-refractivity contribution in [2.45, 2.75) is 45.8 Å². The molecule has 3 rings (SSSR count). The number of aryl methyl sites for hydroxylation is 2. The van der Waals surface area contributed by atoms with Gasteiger partial charge < -0.3 is 4.57 Å². The van der Waals surface area contributed by atoms with E-state index in [0.717, 1.165) is 41.2 Å². The number of Topliss-reactive ketones (excluding diaryl/α,β-unsaturated/α-hetero) is 1. The molecule has 0 aliphatic rings. The van der Waals surface area contributed by atoms with Gasteiger partial charge in [-0.15, -0.1) is 5.10 Å². The van der Waals surface area contributed by atoms with Crippen LogP contribution in [0.4, 0.5) is 0 Å². The fourth-order valence-corrected chi connectivity index (χ4v) is 3.82. The van der Waals surface area contributed by atoms with Crippen LogP contribution in [0.2, 0.25) is 0 Å². The number of nitrogens with zero attached hydrogens (tertiary/aromatic N) is 5. The first-order valence-corrected chi connectivity index (χ1v) is 9.68. The van der Waals surface area contributed by atoms with Crippen LogP contribution in [-0.4, -0.2) is 36.3 Å². The molecule has 1 aromatic carbocycles. The van der Waals surface area contributed by atoms with Crippen LogP contribution >= 0.6 is 11.8 Å². The monoisotopic (exact) mass is 369 g/mol. The van der Waals surface area contributed by atoms with Gasteiger partial charge in [0.1, 0.15) is 0 Å². The van der Waals surface area contributed by atoms with E-state index in [0.29, 0.717) is 10.9 Å². The lowest BCUT2D eigenvalue weighted by molar-refractivity contribution is 0.102. The van der Waals surface area contributed by atoms with Gasteiger partial charge in [-0.3, -0.25) is 4.79 Å². The SMILES string of the molecule is CCCn1c(C)cc(C(=O)CSc2nnnn2-c2cccc(C)c2)c1C. The molecule has 0 fully saturated rings. The summed E-state index contributed by atoms with van der Waals surface area (Å²) >= 11 is 1.36. The summed E-state index contributed by atoms with van der Waals surface area (Å²) in [5.74, 6) is 0.409. The van der Waals surface area contributed by atoms with Crippen LogP contribution in [0.15, 0.2) is 35.5 Å². The number of hydrogen-bond donors (Lipinski definition) is 0. The molecule has 0 N–H and O–H groups in total. The Morgan fingerprint density at radius 1 is 1.19 bits per heavy atom. The maximum Gasteiger partial charge on any atom is 0.214 e. The lowest BCUT2D eigenvalue weighted by atomic mass is 10.2. The fraction of sp³-hybridized carbons (Fsp3) is 0.368. The minimum Gasteiger partial charge on any atom is -0.348 e. The van der Waals surface area contributed by atoms with Crippen molar-refractivity contribution in [3.63, 3.8) is 0 Å². The van der Waals surface area contributed by atoms with E-state index in [1.165, 1.54) is 11.8 Å². The molecule has 26 heavy (non-hydrogen) atoms. The van der Waals surface area contributed by atoms with Crippen molar-refractivity contribution in [1.82, 2.24) is 24.8 Å². The van der Waals surface area contributed by atoms with Crippen molar-refractivity contribution in [3.05, 3.63) is 52.8 Å². The number of hydrogen-bond acceptors (Lipinski definition) is 5. The number of tetrazole rings is 1. The highest BCUT2D eigenvalue weighted by Gasteiger charge is 2.17. The lowest BCUT2D eigenvalue weighted by Crippen LogP contribution is -2.07. The van der Waals surface area contributed by atoms with Crippen molar-refractivity contribution in [3.8, 4) is 5.69 Å². The summed E-state index contributed by atoms with van der Waals surface area (Å²) in [5.41, 5.74) is 4.98. The Morgan fingerprint density at radius 2 is 2.00 bits per heavy atom. The topological polar surface area (TPSA) is 65.6 Å². The van der Waals surface area contributed by atoms with E-state index in [2.05, 4.69) is 27.0 Å². The number of benzene rings is 1. The van der Waals surface area contributed by atoms with Crippen LogP contribution in [0.25, 0.3) is 5.69 Å². The van der Waals surface area contributed by atoms with E-state index in [9.17, 15) is 4.79 Å². The molecular formula is C19H23N5OS. The van der Waals surface area contributed by atoms with Crippen LogP contribution in [0.5, 0.6) is 0 Å². The summed E-state index contributed by atoms with van der Waals surface area (Å²) in [5, 5.41) is 12.5. The molecule has 0 unspecified atom stereocenters. The molecule has 3 aromatic rings. The third kappa shape index (κ3) is 3.72. The average molecular weight is 369 g/mol. The van der Waals surface area contributed by atoms with Crippen molar-refractivity contribution < 1.29 is 4.79 Å². The first-order chi connectivity index (χ1) is 12.5. The number of thioether (sulfide) groups is 1. The van der Waals surface area contributed by atoms with Gasteiger partial charge in [0.2, 0.25) is 5.16 Å². The van der Waals surface area contributed by atoms with E-state index in [1.54, 1.807) is 4.68 Å². The molecular weight excluding hydrogens is 346 g/mol. The van der Waals surface area contributed by atoms with Gasteiger partial charge in [-0.2, -0.15) is 4.68 Å². The largest absolute Gasteiger partial charge is 0.348 e. The quantitative estimate of drug-likeness (QED) is 0.468. The number of aromatic nitrogens is 5. The van der Waals surface area contributed by atoms with E-state index in [-0.39, 0.29) is 5.78 Å². The zero-order valence-corrected chi connectivity index (χ0v) is 16.4. The van der Waals surface area contributed by atoms with Gasteiger partial charge in [0.25, 0.3) is 0 Å². The van der Waals surface area contributed by atoms with Gasteiger partial charge in [0, 0.05) is 23.5 Å². The van der Waals surface area contributed by atoms with Crippen molar-refractivity contribution >= 4 is 17.5 Å². The van der Waals surface area contributed by atoms with Crippen molar-refractivity contribution in [2.24, 2.45) is 0 Å². The summed E-state index contributed by atoms with van der Waals surface area (Å²) in [6.45, 7) is 9.16. The standard InChI is InChI=1S/C19H23N5OS/c1-5-9-23-14(3)11-17(15(23)4)18(25)12-26-19-20-21-22-24(19)16-8-6-7-13(2)10-16/h6-8,10-11H,5,9,12H2,1-4H3. The molecule has 0 aliphatic carbocycles. The van der Waals surface area contributed by atoms with Gasteiger partial charge in [-0.25, -0.2) is 0 Å². The number of carbonyl (C=O) groups is 1. The molecule has 0 bridgehead atoms. The summed E-state index contributed by atoms with van der Waals surface area (Å²) in [4.78, 5) is 12.7. The average Bonchev–Trinajstić information content (AvgIpc) is 3.20. The molecule has 0 aliphatic heterocycles. The maximum atomic E-state index is 12.7. The van der Waals surface area contributed by atoms with E-state index in [1.807, 2.05) is 51.1 Å². The second-order valence-corrected chi connectivity index (χ2v) is 7.30. The molecule has 7 heteroatoms. The number of rotatable bonds is 7. The molecule has 0 atom stereocenters. The fourth-order valence-electron chi connectivity index (χ4n) is 3.05. The normalized spacial score (nSPS) is 11.1. The molecule has 136 valence electrons. The Kier molecular flexibility index (Phi) is 5.56. The predicted octanol–water partition coefficient (Wildman–Crippen LogP) is 3.77. The Morgan fingerprint density at radius 3 is 2.73 bits per heavy atom. The van der Waals surface area contributed by atoms with Gasteiger partial charge in [-0.05, 0) is 61.4 Å². The van der Waals surface area contributed by atoms with E-state index in [4.69, 9.17) is 0 Å². The van der Waals surface area contributed by atoms with Crippen molar-refractivity contribution in [2.75, 3.05) is 5.75 Å². The molecule has 6 nitrogen and oxygen atoms in total. The smallest absolute Gasteiger partial charge is 0.214 e. The predicted molar refractivity (Wildman–Crippen MR) is 103 cm³/mol. The number of ketones is 1. The molecule has 0 saturated heterocycles. The zero-order chi connectivity index (χ0) is 18.7. The zero-order valence-electron chi connectivity index (χ0n) is 15.6. The second kappa shape index (κ2) is 7.86. The highest BCUT2D eigenvalue weighted by atomic mass is 32.2. The Balaban J connectivity index is 1.76. The molecule has 0 spiro atoms.